The van der Waals surface area contributed by atoms with Gasteiger partial charge in [-0.3, -0.25) is 4.79 Å². The number of hydrogen-bond acceptors (Lipinski definition) is 6. The van der Waals surface area contributed by atoms with Crippen molar-refractivity contribution in [1.82, 2.24) is 14.9 Å². The lowest BCUT2D eigenvalue weighted by atomic mass is 10.1. The van der Waals surface area contributed by atoms with E-state index in [1.54, 1.807) is 12.1 Å². The Morgan fingerprint density at radius 2 is 1.89 bits per heavy atom. The highest BCUT2D eigenvalue weighted by Crippen LogP contribution is 2.18. The molecule has 3 N–H and O–H groups in total. The van der Waals surface area contributed by atoms with Crippen LogP contribution in [0.1, 0.15) is 18.3 Å². The summed E-state index contributed by atoms with van der Waals surface area (Å²) in [6.45, 7) is 2.53. The molecule has 0 fully saturated rings. The lowest BCUT2D eigenvalue weighted by molar-refractivity contribution is -0.113. The van der Waals surface area contributed by atoms with E-state index >= 15 is 0 Å². The number of aromatic nitrogens is 3. The van der Waals surface area contributed by atoms with E-state index in [1.807, 2.05) is 49.4 Å². The molecule has 3 aromatic rings. The number of carbonyl (C=O) groups excluding carboxylic acids is 1. The third-order valence-corrected chi connectivity index (χ3v) is 4.66. The predicted molar refractivity (Wildman–Crippen MR) is 106 cm³/mol. The van der Waals surface area contributed by atoms with Gasteiger partial charge in [0.25, 0.3) is 0 Å². The summed E-state index contributed by atoms with van der Waals surface area (Å²) in [6.07, 6.45) is 0.587. The lowest BCUT2D eigenvalue weighted by Gasteiger charge is -2.07. The van der Waals surface area contributed by atoms with Crippen LogP contribution in [0.25, 0.3) is 0 Å². The fraction of sp³-hybridized carbons (Fsp3) is 0.211. The molecule has 2 aromatic carbocycles. The minimum atomic E-state index is -0.142. The average molecular weight is 383 g/mol. The van der Waals surface area contributed by atoms with Crippen LogP contribution in [-0.2, 0) is 11.2 Å². The van der Waals surface area contributed by atoms with Gasteiger partial charge in [-0.25, -0.2) is 4.68 Å². The second-order valence-electron chi connectivity index (χ2n) is 5.73. The standard InChI is InChI=1S/C19H21N5O2S/c1-2-26-16-10-8-15(9-11-16)21-18(25)13-27-19-23-22-17(24(19)20)12-14-6-4-3-5-7-14/h3-11H,2,12-13,20H2,1H3,(H,21,25). The Labute approximate surface area is 161 Å². The molecule has 1 aromatic heterocycles. The zero-order valence-corrected chi connectivity index (χ0v) is 15.8. The molecule has 140 valence electrons. The van der Waals surface area contributed by atoms with E-state index in [0.29, 0.717) is 29.7 Å². The number of nitrogens with two attached hydrogens (primary N) is 1. The molecule has 1 amide bonds. The van der Waals surface area contributed by atoms with E-state index in [-0.39, 0.29) is 11.7 Å². The van der Waals surface area contributed by atoms with Crippen LogP contribution in [0.3, 0.4) is 0 Å². The number of carbonyl (C=O) groups is 1. The fourth-order valence-corrected chi connectivity index (χ4v) is 3.11. The highest BCUT2D eigenvalue weighted by atomic mass is 32.2. The summed E-state index contributed by atoms with van der Waals surface area (Å²) in [5, 5.41) is 11.5. The van der Waals surface area contributed by atoms with Crippen molar-refractivity contribution in [2.45, 2.75) is 18.5 Å². The van der Waals surface area contributed by atoms with Gasteiger partial charge in [0, 0.05) is 12.1 Å². The molecule has 7 nitrogen and oxygen atoms in total. The van der Waals surface area contributed by atoms with E-state index in [9.17, 15) is 4.79 Å². The molecule has 1 heterocycles. The molecule has 0 aliphatic heterocycles. The zero-order valence-electron chi connectivity index (χ0n) is 15.0. The van der Waals surface area contributed by atoms with Crippen LogP contribution in [0.15, 0.2) is 59.8 Å². The highest BCUT2D eigenvalue weighted by molar-refractivity contribution is 7.99. The maximum atomic E-state index is 12.1. The first kappa shape index (κ1) is 18.8. The Morgan fingerprint density at radius 3 is 2.59 bits per heavy atom. The Balaban J connectivity index is 1.53. The van der Waals surface area contributed by atoms with Crippen molar-refractivity contribution in [3.63, 3.8) is 0 Å². The van der Waals surface area contributed by atoms with Crippen LogP contribution in [0.2, 0.25) is 0 Å². The summed E-state index contributed by atoms with van der Waals surface area (Å²) in [5.41, 5.74) is 1.81. The lowest BCUT2D eigenvalue weighted by Crippen LogP contribution is -2.17. The highest BCUT2D eigenvalue weighted by Gasteiger charge is 2.13. The molecule has 0 aliphatic rings. The third-order valence-electron chi connectivity index (χ3n) is 3.72. The summed E-state index contributed by atoms with van der Waals surface area (Å²) in [5.74, 6) is 7.53. The molecule has 0 radical (unpaired) electrons. The Hall–Kier alpha value is -3.00. The van der Waals surface area contributed by atoms with Gasteiger partial charge < -0.3 is 15.9 Å². The number of thioether (sulfide) groups is 1. The van der Waals surface area contributed by atoms with Crippen LogP contribution in [0.5, 0.6) is 5.75 Å². The molecule has 0 saturated carbocycles. The van der Waals surface area contributed by atoms with Crippen molar-refractivity contribution in [3.05, 3.63) is 66.0 Å². The van der Waals surface area contributed by atoms with Gasteiger partial charge >= 0.3 is 0 Å². The van der Waals surface area contributed by atoms with Gasteiger partial charge in [-0.2, -0.15) is 0 Å². The van der Waals surface area contributed by atoms with E-state index in [4.69, 9.17) is 10.6 Å². The number of hydrogen-bond donors (Lipinski definition) is 2. The SMILES string of the molecule is CCOc1ccc(NC(=O)CSc2nnc(Cc3ccccc3)n2N)cc1. The second kappa shape index (κ2) is 9.09. The van der Waals surface area contributed by atoms with Crippen LogP contribution >= 0.6 is 11.8 Å². The largest absolute Gasteiger partial charge is 0.494 e. The van der Waals surface area contributed by atoms with E-state index < -0.39 is 0 Å². The number of benzene rings is 2. The number of nitrogens with one attached hydrogen (secondary N) is 1. The summed E-state index contributed by atoms with van der Waals surface area (Å²) in [7, 11) is 0. The maximum absolute atomic E-state index is 12.1. The van der Waals surface area contributed by atoms with Crippen LogP contribution in [0.4, 0.5) is 5.69 Å². The topological polar surface area (TPSA) is 95.1 Å². The molecule has 0 bridgehead atoms. The van der Waals surface area contributed by atoms with Crippen LogP contribution in [0, 0.1) is 0 Å². The smallest absolute Gasteiger partial charge is 0.234 e. The maximum Gasteiger partial charge on any atom is 0.234 e. The van der Waals surface area contributed by atoms with Gasteiger partial charge in [0.15, 0.2) is 5.82 Å². The van der Waals surface area contributed by atoms with Crippen LogP contribution < -0.4 is 15.9 Å². The Bertz CT molecular complexity index is 881. The first-order valence-electron chi connectivity index (χ1n) is 8.54. The number of nitrogens with zero attached hydrogens (tertiary/aromatic N) is 3. The summed E-state index contributed by atoms with van der Waals surface area (Å²) >= 11 is 1.24. The van der Waals surface area contributed by atoms with Gasteiger partial charge in [-0.15, -0.1) is 10.2 Å². The first-order valence-corrected chi connectivity index (χ1v) is 9.53. The molecular formula is C19H21N5O2S. The molecule has 0 atom stereocenters. The first-order chi connectivity index (χ1) is 13.2. The molecule has 8 heteroatoms. The fourth-order valence-electron chi connectivity index (χ4n) is 2.43. The molecule has 0 spiro atoms. The minimum Gasteiger partial charge on any atom is -0.494 e. The second-order valence-corrected chi connectivity index (χ2v) is 6.67. The van der Waals surface area contributed by atoms with Crippen molar-refractivity contribution in [3.8, 4) is 5.75 Å². The molecular weight excluding hydrogens is 362 g/mol. The third kappa shape index (κ3) is 5.24. The molecule has 0 unspecified atom stereocenters. The zero-order chi connectivity index (χ0) is 19.1. The van der Waals surface area contributed by atoms with E-state index in [2.05, 4.69) is 15.5 Å². The number of rotatable bonds is 8. The van der Waals surface area contributed by atoms with Crippen molar-refractivity contribution >= 4 is 23.4 Å². The van der Waals surface area contributed by atoms with Gasteiger partial charge in [-0.05, 0) is 36.8 Å². The normalized spacial score (nSPS) is 10.6. The summed E-state index contributed by atoms with van der Waals surface area (Å²) in [4.78, 5) is 12.1. The molecule has 3 rings (SSSR count). The minimum absolute atomic E-state index is 0.142. The van der Waals surface area contributed by atoms with E-state index in [0.717, 1.165) is 11.3 Å². The van der Waals surface area contributed by atoms with Crippen molar-refractivity contribution in [2.75, 3.05) is 23.5 Å². The monoisotopic (exact) mass is 383 g/mol. The van der Waals surface area contributed by atoms with Gasteiger partial charge in [0.1, 0.15) is 5.75 Å². The van der Waals surface area contributed by atoms with Crippen molar-refractivity contribution in [1.29, 1.82) is 0 Å². The van der Waals surface area contributed by atoms with Gasteiger partial charge in [-0.1, -0.05) is 42.1 Å². The molecule has 27 heavy (non-hydrogen) atoms. The van der Waals surface area contributed by atoms with Gasteiger partial charge in [0.05, 0.1) is 12.4 Å². The Kier molecular flexibility index (Phi) is 6.32. The summed E-state index contributed by atoms with van der Waals surface area (Å²) < 4.78 is 6.81. The Morgan fingerprint density at radius 1 is 1.15 bits per heavy atom. The molecule has 0 saturated heterocycles. The number of amides is 1. The quantitative estimate of drug-likeness (QED) is 0.459. The van der Waals surface area contributed by atoms with E-state index in [1.165, 1.54) is 16.4 Å². The molecule has 0 aliphatic carbocycles. The number of nitrogen functional groups attached to an aromatic ring is 1. The van der Waals surface area contributed by atoms with Crippen molar-refractivity contribution in [2.24, 2.45) is 0 Å². The number of ether oxygens (including phenoxy) is 1. The van der Waals surface area contributed by atoms with Crippen molar-refractivity contribution < 1.29 is 9.53 Å². The number of anilines is 1. The predicted octanol–water partition coefficient (Wildman–Crippen LogP) is 2.71. The van der Waals surface area contributed by atoms with Gasteiger partial charge in [0.2, 0.25) is 11.1 Å². The van der Waals surface area contributed by atoms with Crippen LogP contribution in [-0.4, -0.2) is 33.1 Å². The average Bonchev–Trinajstić information content (AvgIpc) is 3.02. The summed E-state index contributed by atoms with van der Waals surface area (Å²) in [6, 6.07) is 17.1.